The Hall–Kier alpha value is -4.50. The molecule has 7 N–H and O–H groups in total. The maximum absolute atomic E-state index is 10.7. The maximum atomic E-state index is 10.7. The van der Waals surface area contributed by atoms with Crippen molar-refractivity contribution < 1.29 is 14.9 Å². The third-order valence-electron chi connectivity index (χ3n) is 13.5. The fourth-order valence-electron chi connectivity index (χ4n) is 11.6. The number of piperidine rings is 1. The minimum absolute atomic E-state index is 0.0631. The first-order valence-electron chi connectivity index (χ1n) is 20.6. The average molecular weight is 793 g/mol. The van der Waals surface area contributed by atoms with Crippen molar-refractivity contribution in [2.45, 2.75) is 84.3 Å². The number of nitrogens with two attached hydrogens (primary N) is 1. The molecule has 302 valence electrons. The molecule has 13 nitrogen and oxygen atoms in total. The summed E-state index contributed by atoms with van der Waals surface area (Å²) in [6.45, 7) is 14.0. The van der Waals surface area contributed by atoms with Gasteiger partial charge in [0.25, 0.3) is 5.95 Å². The summed E-state index contributed by atoms with van der Waals surface area (Å²) in [5, 5.41) is 42.8. The molecule has 57 heavy (non-hydrogen) atoms. The highest BCUT2D eigenvalue weighted by Crippen LogP contribution is 2.68. The van der Waals surface area contributed by atoms with Gasteiger partial charge in [-0.15, -0.1) is 0 Å². The van der Waals surface area contributed by atoms with E-state index >= 15 is 0 Å². The molecule has 4 aliphatic carbocycles. The lowest BCUT2D eigenvalue weighted by molar-refractivity contribution is -0.223. The van der Waals surface area contributed by atoms with Crippen LogP contribution in [0.3, 0.4) is 0 Å². The number of hydrogen-bond donors (Lipinski definition) is 6. The first kappa shape index (κ1) is 38.0. The number of piperazine rings is 1. The monoisotopic (exact) mass is 792 g/mol. The van der Waals surface area contributed by atoms with Crippen molar-refractivity contribution in [3.05, 3.63) is 82.5 Å². The Morgan fingerprint density at radius 1 is 1.11 bits per heavy atom. The normalized spacial score (nSPS) is 30.1. The summed E-state index contributed by atoms with van der Waals surface area (Å²) in [7, 11) is 0. The first-order valence-corrected chi connectivity index (χ1v) is 21.4. The van der Waals surface area contributed by atoms with Crippen molar-refractivity contribution in [2.75, 3.05) is 45.9 Å². The van der Waals surface area contributed by atoms with Crippen LogP contribution in [0.4, 0.5) is 5.13 Å². The molecule has 2 aromatic heterocycles. The maximum Gasteiger partial charge on any atom is 0.299 e. The number of hydrogen-bond acceptors (Lipinski definition) is 11. The molecule has 6 fully saturated rings. The van der Waals surface area contributed by atoms with Crippen LogP contribution >= 0.6 is 11.3 Å². The summed E-state index contributed by atoms with van der Waals surface area (Å²) in [6, 6.07) is 7.89. The molecule has 10 rings (SSSR count). The van der Waals surface area contributed by atoms with E-state index in [0.717, 1.165) is 97.8 Å². The van der Waals surface area contributed by atoms with Crippen LogP contribution in [0.25, 0.3) is 15.8 Å². The van der Waals surface area contributed by atoms with E-state index in [1.807, 2.05) is 54.4 Å². The fourth-order valence-corrected chi connectivity index (χ4v) is 12.4. The number of aliphatic hydroxyl groups is 2. The number of thiazole rings is 1. The average Bonchev–Trinajstić information content (AvgIpc) is 3.75. The zero-order chi connectivity index (χ0) is 39.5. The number of benzene rings is 1. The van der Waals surface area contributed by atoms with Gasteiger partial charge in [-0.3, -0.25) is 15.0 Å². The minimum Gasteiger partial charge on any atom is -0.480 e. The number of aliphatic hydroxyl groups excluding tert-OH is 1. The number of allylic oxidation sites excluding steroid dienone is 3. The Morgan fingerprint density at radius 3 is 2.72 bits per heavy atom. The van der Waals surface area contributed by atoms with E-state index in [9.17, 15) is 15.6 Å². The van der Waals surface area contributed by atoms with Crippen molar-refractivity contribution >= 4 is 43.9 Å². The number of rotatable bonds is 10. The molecule has 2 saturated heterocycles. The summed E-state index contributed by atoms with van der Waals surface area (Å²) >= 11 is 1.48. The highest BCUT2D eigenvalue weighted by Gasteiger charge is 2.62. The lowest BCUT2D eigenvalue weighted by Crippen LogP contribution is -2.61. The predicted molar refractivity (Wildman–Crippen MR) is 225 cm³/mol. The van der Waals surface area contributed by atoms with Crippen LogP contribution in [0, 0.1) is 29.1 Å². The summed E-state index contributed by atoms with van der Waals surface area (Å²) < 4.78 is 10.2. The molecule has 4 atom stereocenters. The second-order valence-electron chi connectivity index (χ2n) is 17.9. The zero-order valence-electron chi connectivity index (χ0n) is 33.4. The summed E-state index contributed by atoms with van der Waals surface area (Å²) in [5.41, 5.74) is 11.9. The van der Waals surface area contributed by atoms with Crippen LogP contribution < -0.4 is 16.4 Å². The Labute approximate surface area is 338 Å². The Morgan fingerprint density at radius 2 is 1.93 bits per heavy atom. The van der Waals surface area contributed by atoms with Crippen molar-refractivity contribution in [2.24, 2.45) is 27.5 Å². The van der Waals surface area contributed by atoms with E-state index in [4.69, 9.17) is 15.6 Å². The van der Waals surface area contributed by atoms with Crippen LogP contribution in [-0.4, -0.2) is 97.9 Å². The Kier molecular flexibility index (Phi) is 9.82. The number of para-hydroxylation sites is 1. The van der Waals surface area contributed by atoms with Crippen molar-refractivity contribution in [3.63, 3.8) is 0 Å². The number of ether oxygens (including phenoxy) is 1. The van der Waals surface area contributed by atoms with E-state index in [1.54, 1.807) is 0 Å². The highest BCUT2D eigenvalue weighted by molar-refractivity contribution is 7.22. The van der Waals surface area contributed by atoms with Crippen LogP contribution in [0.2, 0.25) is 0 Å². The molecule has 7 aliphatic rings. The van der Waals surface area contributed by atoms with Gasteiger partial charge in [0.2, 0.25) is 5.13 Å². The lowest BCUT2D eigenvalue weighted by Gasteiger charge is -2.65. The van der Waals surface area contributed by atoms with Crippen molar-refractivity contribution in [3.8, 4) is 0 Å². The first-order chi connectivity index (χ1) is 27.4. The summed E-state index contributed by atoms with van der Waals surface area (Å²) in [5.74, 6) is 1.08. The molecular weight excluding hydrogens is 737 g/mol. The van der Waals surface area contributed by atoms with E-state index in [0.29, 0.717) is 47.1 Å². The number of nitrogens with one attached hydrogen (secondary N) is 3. The molecule has 4 bridgehead atoms. The van der Waals surface area contributed by atoms with Gasteiger partial charge in [0.15, 0.2) is 0 Å². The van der Waals surface area contributed by atoms with Gasteiger partial charge >= 0.3 is 0 Å². The van der Waals surface area contributed by atoms with E-state index in [1.165, 1.54) is 37.0 Å². The molecule has 3 unspecified atom stereocenters. The number of fused-ring (bicyclic) bond motifs is 1. The van der Waals surface area contributed by atoms with Crippen LogP contribution in [0.1, 0.15) is 76.5 Å². The topological polar surface area (TPSA) is 173 Å². The zero-order valence-corrected chi connectivity index (χ0v) is 34.2. The molecule has 4 saturated carbocycles. The molecule has 3 aliphatic heterocycles. The molecular formula is C43H56N10O3S. The third-order valence-corrected chi connectivity index (χ3v) is 14.4. The van der Waals surface area contributed by atoms with E-state index < -0.39 is 5.95 Å². The van der Waals surface area contributed by atoms with E-state index in [-0.39, 0.29) is 22.1 Å². The van der Waals surface area contributed by atoms with Crippen molar-refractivity contribution in [1.29, 1.82) is 5.41 Å². The number of nitrogens with zero attached hydrogens (tertiary/aromatic N) is 6. The number of aliphatic imine (C=N–C) groups is 1. The van der Waals surface area contributed by atoms with Gasteiger partial charge < -0.3 is 36.2 Å². The van der Waals surface area contributed by atoms with Gasteiger partial charge in [-0.1, -0.05) is 30.4 Å². The molecule has 0 radical (unpaired) electrons. The number of likely N-dealkylation sites (tertiary alicyclic amines) is 1. The Bertz CT molecular complexity index is 2210. The number of dihydropyridines is 1. The molecule has 1 aromatic carbocycles. The SMILES string of the molecule is CC(=C1\CCCN(C2=CC=C(c3cnn(CC45CC6CC(OCCN7CCNCC7)(C4)C[C@](C)(C6)C5)c3C)C(=C(O)O)N2)C1=N)/C(N)=N\c1nc2ccccc2s1. The van der Waals surface area contributed by atoms with Crippen molar-refractivity contribution in [1.82, 2.24) is 35.2 Å². The highest BCUT2D eigenvalue weighted by atomic mass is 32.1. The van der Waals surface area contributed by atoms with Crippen LogP contribution in [0.5, 0.6) is 0 Å². The second kappa shape index (κ2) is 14.7. The molecule has 5 heterocycles. The van der Waals surface area contributed by atoms with Gasteiger partial charge in [-0.05, 0) is 112 Å². The van der Waals surface area contributed by atoms with Crippen LogP contribution in [0.15, 0.2) is 76.2 Å². The van der Waals surface area contributed by atoms with Gasteiger partial charge in [0.05, 0.1) is 28.6 Å². The number of aromatic nitrogens is 3. The van der Waals surface area contributed by atoms with Gasteiger partial charge in [0, 0.05) is 68.2 Å². The Balaban J connectivity index is 0.933. The second-order valence-corrected chi connectivity index (χ2v) is 18.9. The summed E-state index contributed by atoms with van der Waals surface area (Å²) in [4.78, 5) is 13.6. The van der Waals surface area contributed by atoms with Crippen LogP contribution in [-0.2, 0) is 11.3 Å². The molecule has 3 aromatic rings. The molecule has 0 spiro atoms. The standard InChI is InChI=1S/C43H56N10O3S/c1-27(37(44)50-40-48-33-8-4-5-9-34(33)57-40)30-7-6-14-52(38(30)45)35-11-10-31(36(49-35)39(54)55)32-22-47-53(28(32)2)26-42-20-29-19-41(3,23-42)24-43(21-29,25-42)56-18-17-51-15-12-46-13-16-51/h4-5,8-11,22,29,45-46,49,54-55H,6-7,12-21,23-26H2,1-3H3,(H2,44,48,50)/b30-27-,45-38?/t29?,41-,42?,43?/m1/s1. The molecule has 0 amide bonds. The summed E-state index contributed by atoms with van der Waals surface area (Å²) in [6.07, 6.45) is 14.2. The number of amidine groups is 2. The molecule has 14 heteroatoms. The van der Waals surface area contributed by atoms with E-state index in [2.05, 4.69) is 44.0 Å². The third kappa shape index (κ3) is 7.30. The largest absolute Gasteiger partial charge is 0.480 e. The minimum atomic E-state index is -0.810. The predicted octanol–water partition coefficient (Wildman–Crippen LogP) is 6.64. The smallest absolute Gasteiger partial charge is 0.299 e. The quantitative estimate of drug-likeness (QED) is 0.0742. The van der Waals surface area contributed by atoms with Gasteiger partial charge in [0.1, 0.15) is 23.2 Å². The fraction of sp³-hybridized carbons (Fsp3) is 0.535. The lowest BCUT2D eigenvalue weighted by atomic mass is 9.43. The van der Waals surface area contributed by atoms with Gasteiger partial charge in [-0.25, -0.2) is 9.98 Å². The van der Waals surface area contributed by atoms with Gasteiger partial charge in [-0.2, -0.15) is 5.10 Å².